The largest absolute Gasteiger partial charge is 0.494 e. The number of anilines is 1. The number of methoxy groups -OCH3 is 1. The van der Waals surface area contributed by atoms with Gasteiger partial charge in [-0.25, -0.2) is 4.39 Å². The standard InChI is InChI=1S/C15H19FN2O3/c1-8(2)10-6-9(16)7-12(14(10)21-3)17-11-4-5-13(19)18-15(11)20/h6-8,11,17H,4-5H2,1-3H3,(H,18,19,20). The summed E-state index contributed by atoms with van der Waals surface area (Å²) in [5.74, 6) is -0.473. The molecule has 0 spiro atoms. The lowest BCUT2D eigenvalue weighted by atomic mass is 9.99. The number of rotatable bonds is 4. The minimum absolute atomic E-state index is 0.0814. The summed E-state index contributed by atoms with van der Waals surface area (Å²) in [6, 6.07) is 2.16. The predicted octanol–water partition coefficient (Wildman–Crippen LogP) is 2.17. The van der Waals surface area contributed by atoms with Crippen LogP contribution in [0.1, 0.15) is 38.2 Å². The number of hydrogen-bond acceptors (Lipinski definition) is 4. The molecule has 1 aliphatic heterocycles. The van der Waals surface area contributed by atoms with Crippen molar-refractivity contribution in [3.05, 3.63) is 23.5 Å². The van der Waals surface area contributed by atoms with Crippen molar-refractivity contribution in [1.82, 2.24) is 5.32 Å². The molecule has 1 unspecified atom stereocenters. The number of piperidine rings is 1. The molecule has 5 nitrogen and oxygen atoms in total. The molecule has 2 amide bonds. The smallest absolute Gasteiger partial charge is 0.249 e. The maximum atomic E-state index is 13.8. The SMILES string of the molecule is COc1c(NC2CCC(=O)NC2=O)cc(F)cc1C(C)C. The van der Waals surface area contributed by atoms with E-state index in [1.807, 2.05) is 13.8 Å². The van der Waals surface area contributed by atoms with Gasteiger partial charge in [-0.3, -0.25) is 14.9 Å². The fourth-order valence-electron chi connectivity index (χ4n) is 2.40. The van der Waals surface area contributed by atoms with Gasteiger partial charge in [-0.1, -0.05) is 13.8 Å². The summed E-state index contributed by atoms with van der Waals surface area (Å²) in [5, 5.41) is 5.24. The third-order valence-electron chi connectivity index (χ3n) is 3.48. The first-order valence-electron chi connectivity index (χ1n) is 6.90. The lowest BCUT2D eigenvalue weighted by Gasteiger charge is -2.25. The summed E-state index contributed by atoms with van der Waals surface area (Å²) in [7, 11) is 1.51. The van der Waals surface area contributed by atoms with Gasteiger partial charge in [0.25, 0.3) is 0 Å². The van der Waals surface area contributed by atoms with Crippen molar-refractivity contribution in [1.29, 1.82) is 0 Å². The molecule has 0 radical (unpaired) electrons. The fourth-order valence-corrected chi connectivity index (χ4v) is 2.40. The molecule has 2 rings (SSSR count). The average molecular weight is 294 g/mol. The quantitative estimate of drug-likeness (QED) is 0.835. The fraction of sp³-hybridized carbons (Fsp3) is 0.467. The number of halogens is 1. The van der Waals surface area contributed by atoms with Crippen LogP contribution in [-0.4, -0.2) is 25.0 Å². The van der Waals surface area contributed by atoms with E-state index in [-0.39, 0.29) is 18.2 Å². The molecule has 21 heavy (non-hydrogen) atoms. The van der Waals surface area contributed by atoms with E-state index in [2.05, 4.69) is 10.6 Å². The molecule has 2 N–H and O–H groups in total. The van der Waals surface area contributed by atoms with Crippen LogP contribution >= 0.6 is 0 Å². The first-order valence-corrected chi connectivity index (χ1v) is 6.90. The highest BCUT2D eigenvalue weighted by molar-refractivity contribution is 6.01. The molecule has 1 saturated heterocycles. The second kappa shape index (κ2) is 6.11. The number of carbonyl (C=O) groups is 2. The van der Waals surface area contributed by atoms with Gasteiger partial charge in [0.1, 0.15) is 17.6 Å². The van der Waals surface area contributed by atoms with Crippen LogP contribution < -0.4 is 15.4 Å². The van der Waals surface area contributed by atoms with E-state index in [1.165, 1.54) is 19.2 Å². The van der Waals surface area contributed by atoms with Crippen molar-refractivity contribution < 1.29 is 18.7 Å². The van der Waals surface area contributed by atoms with Gasteiger partial charge in [-0.15, -0.1) is 0 Å². The van der Waals surface area contributed by atoms with Crippen molar-refractivity contribution in [2.24, 2.45) is 0 Å². The number of amides is 2. The number of benzene rings is 1. The van der Waals surface area contributed by atoms with Crippen molar-refractivity contribution in [2.45, 2.75) is 38.6 Å². The topological polar surface area (TPSA) is 67.4 Å². The van der Waals surface area contributed by atoms with E-state index in [0.717, 1.165) is 5.56 Å². The summed E-state index contributed by atoms with van der Waals surface area (Å²) in [6.45, 7) is 3.88. The molecule has 0 aliphatic carbocycles. The van der Waals surface area contributed by atoms with Gasteiger partial charge >= 0.3 is 0 Å². The number of ether oxygens (including phenoxy) is 1. The maximum absolute atomic E-state index is 13.8. The van der Waals surface area contributed by atoms with Crippen LogP contribution in [0.5, 0.6) is 5.75 Å². The summed E-state index contributed by atoms with van der Waals surface area (Å²) < 4.78 is 19.1. The monoisotopic (exact) mass is 294 g/mol. The minimum Gasteiger partial charge on any atom is -0.494 e. The third kappa shape index (κ3) is 3.32. The Labute approximate surface area is 122 Å². The molecule has 0 aromatic heterocycles. The van der Waals surface area contributed by atoms with Crippen LogP contribution in [0.25, 0.3) is 0 Å². The minimum atomic E-state index is -0.571. The molecule has 0 saturated carbocycles. The number of hydrogen-bond donors (Lipinski definition) is 2. The first-order chi connectivity index (χ1) is 9.92. The van der Waals surface area contributed by atoms with Crippen LogP contribution in [0.4, 0.5) is 10.1 Å². The second-order valence-electron chi connectivity index (χ2n) is 5.38. The molecular weight excluding hydrogens is 275 g/mol. The van der Waals surface area contributed by atoms with Crippen molar-refractivity contribution in [2.75, 3.05) is 12.4 Å². The highest BCUT2D eigenvalue weighted by Crippen LogP contribution is 2.35. The maximum Gasteiger partial charge on any atom is 0.249 e. The number of imide groups is 1. The van der Waals surface area contributed by atoms with E-state index >= 15 is 0 Å². The highest BCUT2D eigenvalue weighted by Gasteiger charge is 2.27. The second-order valence-corrected chi connectivity index (χ2v) is 5.38. The zero-order valence-electron chi connectivity index (χ0n) is 12.3. The Morgan fingerprint density at radius 3 is 2.67 bits per heavy atom. The average Bonchev–Trinajstić information content (AvgIpc) is 2.41. The normalized spacial score (nSPS) is 18.6. The molecule has 1 aromatic rings. The Morgan fingerprint density at radius 2 is 2.10 bits per heavy atom. The zero-order chi connectivity index (χ0) is 15.6. The van der Waals surface area contributed by atoms with E-state index in [9.17, 15) is 14.0 Å². The van der Waals surface area contributed by atoms with E-state index in [0.29, 0.717) is 17.9 Å². The molecule has 1 atom stereocenters. The summed E-state index contributed by atoms with van der Waals surface area (Å²) in [5.41, 5.74) is 1.16. The van der Waals surface area contributed by atoms with Crippen LogP contribution in [0, 0.1) is 5.82 Å². The molecule has 1 aromatic carbocycles. The molecule has 0 bridgehead atoms. The zero-order valence-corrected chi connectivity index (χ0v) is 12.3. The van der Waals surface area contributed by atoms with Gasteiger partial charge in [-0.2, -0.15) is 0 Å². The van der Waals surface area contributed by atoms with Crippen molar-refractivity contribution in [3.8, 4) is 5.75 Å². The molecule has 1 heterocycles. The van der Waals surface area contributed by atoms with Gasteiger partial charge in [0, 0.05) is 18.1 Å². The van der Waals surface area contributed by atoms with Crippen LogP contribution in [0.15, 0.2) is 12.1 Å². The van der Waals surface area contributed by atoms with E-state index in [1.54, 1.807) is 0 Å². The predicted molar refractivity (Wildman–Crippen MR) is 76.8 cm³/mol. The van der Waals surface area contributed by atoms with Gasteiger partial charge in [-0.05, 0) is 18.4 Å². The first kappa shape index (κ1) is 15.3. The van der Waals surface area contributed by atoms with Gasteiger partial charge in [0.05, 0.1) is 12.8 Å². The van der Waals surface area contributed by atoms with Gasteiger partial charge in [0.15, 0.2) is 0 Å². The Morgan fingerprint density at radius 1 is 1.38 bits per heavy atom. The lowest BCUT2D eigenvalue weighted by molar-refractivity contribution is -0.133. The number of nitrogens with one attached hydrogen (secondary N) is 2. The lowest BCUT2D eigenvalue weighted by Crippen LogP contribution is -2.47. The van der Waals surface area contributed by atoms with Crippen molar-refractivity contribution >= 4 is 17.5 Å². The molecule has 6 heteroatoms. The Kier molecular flexibility index (Phi) is 4.45. The number of carbonyl (C=O) groups excluding carboxylic acids is 2. The Hall–Kier alpha value is -2.11. The van der Waals surface area contributed by atoms with Gasteiger partial charge < -0.3 is 10.1 Å². The summed E-state index contributed by atoms with van der Waals surface area (Å²) >= 11 is 0. The van der Waals surface area contributed by atoms with E-state index < -0.39 is 17.8 Å². The van der Waals surface area contributed by atoms with E-state index in [4.69, 9.17) is 4.74 Å². The van der Waals surface area contributed by atoms with Gasteiger partial charge in [0.2, 0.25) is 11.8 Å². The van der Waals surface area contributed by atoms with Crippen molar-refractivity contribution in [3.63, 3.8) is 0 Å². The summed E-state index contributed by atoms with van der Waals surface area (Å²) in [4.78, 5) is 22.9. The highest BCUT2D eigenvalue weighted by atomic mass is 19.1. The Balaban J connectivity index is 2.31. The molecule has 114 valence electrons. The molecule has 1 aliphatic rings. The third-order valence-corrected chi connectivity index (χ3v) is 3.48. The van der Waals surface area contributed by atoms with Crippen LogP contribution in [-0.2, 0) is 9.59 Å². The molecule has 1 fully saturated rings. The van der Waals surface area contributed by atoms with Crippen LogP contribution in [0.3, 0.4) is 0 Å². The summed E-state index contributed by atoms with van der Waals surface area (Å²) in [6.07, 6.45) is 0.638. The molecular formula is C15H19FN2O3. The van der Waals surface area contributed by atoms with Crippen LogP contribution in [0.2, 0.25) is 0 Å². The Bertz CT molecular complexity index is 572.